The number of hydrogen-bond acceptors (Lipinski definition) is 4. The van der Waals surface area contributed by atoms with Crippen LogP contribution in [0.2, 0.25) is 0 Å². The fourth-order valence-corrected chi connectivity index (χ4v) is 3.58. The first kappa shape index (κ1) is 18.1. The molecule has 4 nitrogen and oxygen atoms in total. The van der Waals surface area contributed by atoms with E-state index in [1.807, 2.05) is 76.2 Å². The van der Waals surface area contributed by atoms with E-state index in [0.29, 0.717) is 4.88 Å². The van der Waals surface area contributed by atoms with Crippen molar-refractivity contribution >= 4 is 22.9 Å². The van der Waals surface area contributed by atoms with Crippen molar-refractivity contribution in [2.75, 3.05) is 5.32 Å². The van der Waals surface area contributed by atoms with Crippen molar-refractivity contribution in [3.63, 3.8) is 0 Å². The Kier molecular flexibility index (Phi) is 5.38. The first-order chi connectivity index (χ1) is 12.4. The topological polar surface area (TPSA) is 51.2 Å². The molecule has 0 aliphatic heterocycles. The number of aromatic nitrogens is 1. The molecule has 3 rings (SSSR count). The number of nitrogens with zero attached hydrogens (tertiary/aromatic N) is 1. The Morgan fingerprint density at radius 1 is 1.12 bits per heavy atom. The maximum atomic E-state index is 12.7. The summed E-state index contributed by atoms with van der Waals surface area (Å²) in [7, 11) is 0. The Morgan fingerprint density at radius 2 is 1.85 bits per heavy atom. The minimum absolute atomic E-state index is 0.117. The van der Waals surface area contributed by atoms with Crippen LogP contribution in [0.4, 0.5) is 5.69 Å². The minimum Gasteiger partial charge on any atom is -0.491 e. The number of benzene rings is 2. The fraction of sp³-hybridized carbons (Fsp3) is 0.238. The molecular formula is C21H22N2O2S. The molecule has 26 heavy (non-hydrogen) atoms. The molecule has 134 valence electrons. The Morgan fingerprint density at radius 3 is 2.50 bits per heavy atom. The lowest BCUT2D eigenvalue weighted by Gasteiger charge is -2.13. The van der Waals surface area contributed by atoms with Crippen LogP contribution in [0.25, 0.3) is 10.6 Å². The van der Waals surface area contributed by atoms with Gasteiger partial charge in [-0.25, -0.2) is 4.98 Å². The maximum Gasteiger partial charge on any atom is 0.267 e. The van der Waals surface area contributed by atoms with Crippen LogP contribution in [0.3, 0.4) is 0 Å². The standard InChI is InChI=1S/C21H22N2O2S/c1-13(2)25-17-10-11-18(14(3)12-17)23-20(24)19-15(4)22-21(26-19)16-8-6-5-7-9-16/h5-13H,1-4H3,(H,23,24). The van der Waals surface area contributed by atoms with Gasteiger partial charge >= 0.3 is 0 Å². The van der Waals surface area contributed by atoms with Crippen molar-refractivity contribution in [1.82, 2.24) is 4.98 Å². The second-order valence-corrected chi connectivity index (χ2v) is 7.40. The molecular weight excluding hydrogens is 344 g/mol. The number of ether oxygens (including phenoxy) is 1. The summed E-state index contributed by atoms with van der Waals surface area (Å²) in [5, 5.41) is 3.84. The number of nitrogens with one attached hydrogen (secondary N) is 1. The van der Waals surface area contributed by atoms with E-state index in [9.17, 15) is 4.79 Å². The minimum atomic E-state index is -0.136. The van der Waals surface area contributed by atoms with Crippen LogP contribution >= 0.6 is 11.3 Å². The monoisotopic (exact) mass is 366 g/mol. The number of carbonyl (C=O) groups excluding carboxylic acids is 1. The van der Waals surface area contributed by atoms with E-state index in [2.05, 4.69) is 10.3 Å². The molecule has 0 saturated heterocycles. The molecule has 0 fully saturated rings. The number of amides is 1. The highest BCUT2D eigenvalue weighted by Crippen LogP contribution is 2.29. The molecule has 3 aromatic rings. The normalized spacial score (nSPS) is 10.8. The molecule has 0 aliphatic carbocycles. The summed E-state index contributed by atoms with van der Waals surface area (Å²) >= 11 is 1.41. The van der Waals surface area contributed by atoms with E-state index in [0.717, 1.165) is 33.3 Å². The van der Waals surface area contributed by atoms with Crippen molar-refractivity contribution in [3.8, 4) is 16.3 Å². The van der Waals surface area contributed by atoms with Gasteiger partial charge in [0.2, 0.25) is 0 Å². The molecule has 1 aromatic heterocycles. The number of carbonyl (C=O) groups is 1. The molecule has 0 saturated carbocycles. The maximum absolute atomic E-state index is 12.7. The average molecular weight is 366 g/mol. The third-order valence-electron chi connectivity index (χ3n) is 3.84. The molecule has 1 N–H and O–H groups in total. The van der Waals surface area contributed by atoms with Gasteiger partial charge in [0.15, 0.2) is 0 Å². The van der Waals surface area contributed by atoms with Crippen molar-refractivity contribution in [2.24, 2.45) is 0 Å². The fourth-order valence-electron chi connectivity index (χ4n) is 2.61. The Labute approximate surface area is 157 Å². The summed E-state index contributed by atoms with van der Waals surface area (Å²) in [6.07, 6.45) is 0.117. The summed E-state index contributed by atoms with van der Waals surface area (Å²) < 4.78 is 5.69. The number of anilines is 1. The van der Waals surface area contributed by atoms with Crippen LogP contribution in [-0.2, 0) is 0 Å². The highest BCUT2D eigenvalue weighted by atomic mass is 32.1. The smallest absolute Gasteiger partial charge is 0.267 e. The van der Waals surface area contributed by atoms with Gasteiger partial charge in [-0.15, -0.1) is 11.3 Å². The highest BCUT2D eigenvalue weighted by molar-refractivity contribution is 7.17. The van der Waals surface area contributed by atoms with Gasteiger partial charge in [0.1, 0.15) is 15.6 Å². The van der Waals surface area contributed by atoms with Crippen molar-refractivity contribution in [2.45, 2.75) is 33.8 Å². The zero-order chi connectivity index (χ0) is 18.7. The average Bonchev–Trinajstić information content (AvgIpc) is 2.99. The SMILES string of the molecule is Cc1cc(OC(C)C)ccc1NC(=O)c1sc(-c2ccccc2)nc1C. The molecule has 2 aromatic carbocycles. The van der Waals surface area contributed by atoms with Gasteiger partial charge < -0.3 is 10.1 Å². The lowest BCUT2D eigenvalue weighted by Crippen LogP contribution is -2.13. The number of hydrogen-bond donors (Lipinski definition) is 1. The van der Waals surface area contributed by atoms with Crippen LogP contribution in [0.5, 0.6) is 5.75 Å². The molecule has 1 heterocycles. The quantitative estimate of drug-likeness (QED) is 0.652. The van der Waals surface area contributed by atoms with E-state index in [1.165, 1.54) is 11.3 Å². The lowest BCUT2D eigenvalue weighted by molar-refractivity contribution is 0.102. The van der Waals surface area contributed by atoms with Crippen LogP contribution in [0.1, 0.15) is 34.8 Å². The van der Waals surface area contributed by atoms with Gasteiger partial charge in [-0.2, -0.15) is 0 Å². The van der Waals surface area contributed by atoms with E-state index in [-0.39, 0.29) is 12.0 Å². The summed E-state index contributed by atoms with van der Waals surface area (Å²) in [4.78, 5) is 17.9. The van der Waals surface area contributed by atoms with Gasteiger partial charge in [-0.05, 0) is 51.5 Å². The van der Waals surface area contributed by atoms with E-state index in [1.54, 1.807) is 0 Å². The summed E-state index contributed by atoms with van der Waals surface area (Å²) in [5.41, 5.74) is 3.50. The van der Waals surface area contributed by atoms with Gasteiger partial charge in [-0.3, -0.25) is 4.79 Å². The third kappa shape index (κ3) is 4.11. The molecule has 0 atom stereocenters. The van der Waals surface area contributed by atoms with Crippen molar-refractivity contribution in [3.05, 3.63) is 64.7 Å². The summed E-state index contributed by atoms with van der Waals surface area (Å²) in [6, 6.07) is 15.6. The van der Waals surface area contributed by atoms with Crippen LogP contribution in [-0.4, -0.2) is 17.0 Å². The molecule has 0 spiro atoms. The van der Waals surface area contributed by atoms with E-state index < -0.39 is 0 Å². The highest BCUT2D eigenvalue weighted by Gasteiger charge is 2.17. The van der Waals surface area contributed by atoms with Crippen molar-refractivity contribution < 1.29 is 9.53 Å². The first-order valence-electron chi connectivity index (χ1n) is 8.55. The molecule has 0 aliphatic rings. The lowest BCUT2D eigenvalue weighted by atomic mass is 10.2. The Bertz CT molecular complexity index is 917. The van der Waals surface area contributed by atoms with Gasteiger partial charge in [0, 0.05) is 11.3 Å². The van der Waals surface area contributed by atoms with Gasteiger partial charge in [-0.1, -0.05) is 30.3 Å². The van der Waals surface area contributed by atoms with Crippen LogP contribution < -0.4 is 10.1 Å². The molecule has 5 heteroatoms. The second kappa shape index (κ2) is 7.70. The predicted octanol–water partition coefficient (Wildman–Crippen LogP) is 5.47. The summed E-state index contributed by atoms with van der Waals surface area (Å²) in [5.74, 6) is 0.665. The second-order valence-electron chi connectivity index (χ2n) is 6.40. The van der Waals surface area contributed by atoms with Crippen LogP contribution in [0.15, 0.2) is 48.5 Å². The molecule has 1 amide bonds. The van der Waals surface area contributed by atoms with Crippen LogP contribution in [0, 0.1) is 13.8 Å². The van der Waals surface area contributed by atoms with Gasteiger partial charge in [0.05, 0.1) is 11.8 Å². The molecule has 0 radical (unpaired) electrons. The largest absolute Gasteiger partial charge is 0.491 e. The van der Waals surface area contributed by atoms with Crippen molar-refractivity contribution in [1.29, 1.82) is 0 Å². The number of thiazole rings is 1. The van der Waals surface area contributed by atoms with E-state index in [4.69, 9.17) is 4.74 Å². The van der Waals surface area contributed by atoms with Gasteiger partial charge in [0.25, 0.3) is 5.91 Å². The number of aryl methyl sites for hydroxylation is 2. The number of rotatable bonds is 5. The molecule has 0 unspecified atom stereocenters. The predicted molar refractivity (Wildman–Crippen MR) is 107 cm³/mol. The Balaban J connectivity index is 1.79. The summed E-state index contributed by atoms with van der Waals surface area (Å²) in [6.45, 7) is 7.80. The first-order valence-corrected chi connectivity index (χ1v) is 9.37. The zero-order valence-electron chi connectivity index (χ0n) is 15.4. The molecule has 0 bridgehead atoms. The zero-order valence-corrected chi connectivity index (χ0v) is 16.2. The Hall–Kier alpha value is -2.66. The van der Waals surface area contributed by atoms with E-state index >= 15 is 0 Å². The third-order valence-corrected chi connectivity index (χ3v) is 5.05.